The minimum Gasteiger partial charge on any atom is -0.378 e. The number of amides is 1. The van der Waals surface area contributed by atoms with Crippen LogP contribution in [0.1, 0.15) is 10.4 Å². The lowest BCUT2D eigenvalue weighted by Gasteiger charge is -2.27. The first-order valence-electron chi connectivity index (χ1n) is 5.27. The van der Waals surface area contributed by atoms with Crippen molar-refractivity contribution in [3.05, 3.63) is 23.9 Å². The van der Waals surface area contributed by atoms with E-state index < -0.39 is 20.0 Å². The number of pyridine rings is 1. The second kappa shape index (κ2) is 5.21. The van der Waals surface area contributed by atoms with Crippen molar-refractivity contribution in [1.29, 1.82) is 0 Å². The van der Waals surface area contributed by atoms with Crippen molar-refractivity contribution >= 4 is 25.6 Å². The topological polar surface area (TPSA) is 76.6 Å². The summed E-state index contributed by atoms with van der Waals surface area (Å²) in [6, 6.07) is 2.90. The minimum atomic E-state index is -4.03. The van der Waals surface area contributed by atoms with E-state index in [1.54, 1.807) is 0 Å². The van der Waals surface area contributed by atoms with Gasteiger partial charge in [-0.2, -0.15) is 0 Å². The molecular formula is C10H11ClN2O4S. The lowest BCUT2D eigenvalue weighted by atomic mass is 10.2. The first-order valence-corrected chi connectivity index (χ1v) is 7.58. The summed E-state index contributed by atoms with van der Waals surface area (Å²) in [5.41, 5.74) is -0.00519. The van der Waals surface area contributed by atoms with Gasteiger partial charge in [-0.3, -0.25) is 4.79 Å². The number of hydrogen-bond acceptors (Lipinski definition) is 5. The average Bonchev–Trinajstić information content (AvgIpc) is 2.38. The van der Waals surface area contributed by atoms with Crippen molar-refractivity contribution in [3.63, 3.8) is 0 Å². The van der Waals surface area contributed by atoms with Gasteiger partial charge in [-0.1, -0.05) is 0 Å². The lowest BCUT2D eigenvalue weighted by Crippen LogP contribution is -2.41. The van der Waals surface area contributed by atoms with E-state index >= 15 is 0 Å². The van der Waals surface area contributed by atoms with Gasteiger partial charge in [-0.05, 0) is 12.1 Å². The van der Waals surface area contributed by atoms with Crippen LogP contribution < -0.4 is 0 Å². The number of nitrogens with zero attached hydrogens (tertiary/aromatic N) is 2. The van der Waals surface area contributed by atoms with Crippen LogP contribution in [0, 0.1) is 0 Å². The van der Waals surface area contributed by atoms with Crippen molar-refractivity contribution in [2.24, 2.45) is 0 Å². The van der Waals surface area contributed by atoms with Gasteiger partial charge in [0.25, 0.3) is 15.0 Å². The van der Waals surface area contributed by atoms with Crippen LogP contribution in [0.4, 0.5) is 0 Å². The van der Waals surface area contributed by atoms with Gasteiger partial charge in [0, 0.05) is 30.0 Å². The maximum Gasteiger partial charge on any atom is 0.279 e. The molecule has 8 heteroatoms. The van der Waals surface area contributed by atoms with E-state index in [1.165, 1.54) is 23.2 Å². The van der Waals surface area contributed by atoms with E-state index in [-0.39, 0.29) is 5.56 Å². The van der Waals surface area contributed by atoms with Gasteiger partial charge in [0.2, 0.25) is 0 Å². The fourth-order valence-electron chi connectivity index (χ4n) is 1.68. The zero-order valence-electron chi connectivity index (χ0n) is 9.37. The molecule has 0 saturated carbocycles. The van der Waals surface area contributed by atoms with Crippen molar-refractivity contribution in [2.75, 3.05) is 26.3 Å². The molecule has 0 bridgehead atoms. The van der Waals surface area contributed by atoms with E-state index in [9.17, 15) is 13.2 Å². The highest BCUT2D eigenvalue weighted by molar-refractivity contribution is 8.13. The molecule has 98 valence electrons. The quantitative estimate of drug-likeness (QED) is 0.741. The summed E-state index contributed by atoms with van der Waals surface area (Å²) in [5, 5.41) is -0.400. The van der Waals surface area contributed by atoms with Crippen LogP contribution in [-0.2, 0) is 13.8 Å². The molecule has 1 aromatic heterocycles. The van der Waals surface area contributed by atoms with E-state index in [0.717, 1.165) is 0 Å². The summed E-state index contributed by atoms with van der Waals surface area (Å²) in [5.74, 6) is -0.398. The molecule has 0 radical (unpaired) electrons. The first-order chi connectivity index (χ1) is 8.50. The molecule has 0 unspecified atom stereocenters. The highest BCUT2D eigenvalue weighted by Gasteiger charge is 2.26. The number of halogens is 1. The van der Waals surface area contributed by atoms with Gasteiger partial charge in [0.1, 0.15) is 0 Å². The summed E-state index contributed by atoms with van der Waals surface area (Å²) in [7, 11) is 1.23. The van der Waals surface area contributed by atoms with E-state index in [4.69, 9.17) is 15.4 Å². The molecule has 1 saturated heterocycles. The Bertz CT molecular complexity index is 555. The molecule has 18 heavy (non-hydrogen) atoms. The Kier molecular flexibility index (Phi) is 3.84. The third-order valence-corrected chi connectivity index (χ3v) is 3.76. The Labute approximate surface area is 109 Å². The molecule has 1 aromatic rings. The molecule has 2 heterocycles. The smallest absolute Gasteiger partial charge is 0.279 e. The van der Waals surface area contributed by atoms with Crippen LogP contribution in [0.3, 0.4) is 0 Å². The molecule has 1 fully saturated rings. The molecule has 6 nitrogen and oxygen atoms in total. The zero-order valence-corrected chi connectivity index (χ0v) is 10.9. The van der Waals surface area contributed by atoms with E-state index in [0.29, 0.717) is 26.3 Å². The molecule has 1 amide bonds. The molecule has 2 rings (SSSR count). The van der Waals surface area contributed by atoms with Crippen molar-refractivity contribution in [2.45, 2.75) is 5.03 Å². The van der Waals surface area contributed by atoms with Gasteiger partial charge in [0.05, 0.1) is 18.8 Å². The minimum absolute atomic E-state index is 0.00519. The molecule has 1 aliphatic heterocycles. The van der Waals surface area contributed by atoms with Gasteiger partial charge >= 0.3 is 0 Å². The van der Waals surface area contributed by atoms with Crippen LogP contribution in [-0.4, -0.2) is 50.5 Å². The summed E-state index contributed by atoms with van der Waals surface area (Å²) in [4.78, 5) is 17.4. The number of hydrogen-bond donors (Lipinski definition) is 0. The largest absolute Gasteiger partial charge is 0.378 e. The van der Waals surface area contributed by atoms with Crippen molar-refractivity contribution < 1.29 is 17.9 Å². The molecule has 0 aliphatic carbocycles. The molecule has 0 aromatic carbocycles. The number of carbonyl (C=O) groups is 1. The molecule has 0 N–H and O–H groups in total. The fourth-order valence-corrected chi connectivity index (χ4v) is 2.66. The highest BCUT2D eigenvalue weighted by atomic mass is 35.7. The highest BCUT2D eigenvalue weighted by Crippen LogP contribution is 2.19. The Morgan fingerprint density at radius 1 is 1.39 bits per heavy atom. The standard InChI is InChI=1S/C10H11ClN2O4S/c11-18(15,16)9-8(2-1-3-12-9)10(14)13-4-6-17-7-5-13/h1-3H,4-7H2. The summed E-state index contributed by atoms with van der Waals surface area (Å²) in [6.45, 7) is 1.73. The third-order valence-electron chi connectivity index (χ3n) is 2.53. The van der Waals surface area contributed by atoms with Crippen LogP contribution >= 0.6 is 10.7 Å². The average molecular weight is 291 g/mol. The SMILES string of the molecule is O=C(c1cccnc1S(=O)(=O)Cl)N1CCOCC1. The number of morpholine rings is 1. The molecule has 0 spiro atoms. The Morgan fingerprint density at radius 2 is 2.06 bits per heavy atom. The van der Waals surface area contributed by atoms with Gasteiger partial charge in [-0.15, -0.1) is 0 Å². The monoisotopic (exact) mass is 290 g/mol. The maximum absolute atomic E-state index is 12.2. The first kappa shape index (κ1) is 13.3. The summed E-state index contributed by atoms with van der Waals surface area (Å²) in [6.07, 6.45) is 1.28. The second-order valence-electron chi connectivity index (χ2n) is 3.70. The number of aromatic nitrogens is 1. The third kappa shape index (κ3) is 2.80. The van der Waals surface area contributed by atoms with Crippen LogP contribution in [0.5, 0.6) is 0 Å². The number of carbonyl (C=O) groups excluding carboxylic acids is 1. The second-order valence-corrected chi connectivity index (χ2v) is 6.18. The van der Waals surface area contributed by atoms with Crippen LogP contribution in [0.15, 0.2) is 23.4 Å². The van der Waals surface area contributed by atoms with Gasteiger partial charge in [-0.25, -0.2) is 13.4 Å². The van der Waals surface area contributed by atoms with Crippen LogP contribution in [0.2, 0.25) is 0 Å². The Balaban J connectivity index is 2.36. The summed E-state index contributed by atoms with van der Waals surface area (Å²) < 4.78 is 27.8. The van der Waals surface area contributed by atoms with E-state index in [1.807, 2.05) is 0 Å². The maximum atomic E-state index is 12.2. The molecule has 0 atom stereocenters. The molecule has 1 aliphatic rings. The van der Waals surface area contributed by atoms with Crippen molar-refractivity contribution in [3.8, 4) is 0 Å². The number of ether oxygens (including phenoxy) is 1. The van der Waals surface area contributed by atoms with Gasteiger partial charge in [0.15, 0.2) is 5.03 Å². The van der Waals surface area contributed by atoms with Crippen LogP contribution in [0.25, 0.3) is 0 Å². The Morgan fingerprint density at radius 3 is 2.67 bits per heavy atom. The lowest BCUT2D eigenvalue weighted by molar-refractivity contribution is 0.0300. The van der Waals surface area contributed by atoms with Crippen molar-refractivity contribution in [1.82, 2.24) is 9.88 Å². The predicted molar refractivity (Wildman–Crippen MR) is 64.0 cm³/mol. The van der Waals surface area contributed by atoms with E-state index in [2.05, 4.69) is 4.98 Å². The molecular weight excluding hydrogens is 280 g/mol. The fraction of sp³-hybridized carbons (Fsp3) is 0.400. The van der Waals surface area contributed by atoms with Gasteiger partial charge < -0.3 is 9.64 Å². The Hall–Kier alpha value is -1.18. The number of rotatable bonds is 2. The summed E-state index contributed by atoms with van der Waals surface area (Å²) >= 11 is 0. The predicted octanol–water partition coefficient (Wildman–Crippen LogP) is 0.481. The zero-order chi connectivity index (χ0) is 13.2. The normalized spacial score (nSPS) is 16.6.